The van der Waals surface area contributed by atoms with Crippen molar-refractivity contribution < 1.29 is 61.0 Å². The van der Waals surface area contributed by atoms with Gasteiger partial charge in [0.2, 0.25) is 0 Å². The molecule has 0 bridgehead atoms. The molecule has 6 rings (SSSR count). The predicted molar refractivity (Wildman–Crippen MR) is 344 cm³/mol. The summed E-state index contributed by atoms with van der Waals surface area (Å²) in [5, 5.41) is 0. The van der Waals surface area contributed by atoms with Gasteiger partial charge in [0.15, 0.2) is 28.7 Å². The molecule has 1 fully saturated rings. The first kappa shape index (κ1) is 69.4. The average Bonchev–Trinajstić information content (AvgIpc) is 2.99. The molecule has 15 heteroatoms. The molecule has 0 saturated carbocycles. The molecule has 4 aromatic carbocycles. The first-order valence-corrected chi connectivity index (χ1v) is 35.3. The number of hydrogen-bond donors (Lipinski definition) is 0. The number of hydrogen-bond acceptors (Lipinski definition) is 13. The van der Waals surface area contributed by atoms with Gasteiger partial charge in [0.1, 0.15) is 47.4 Å². The van der Waals surface area contributed by atoms with Gasteiger partial charge in [0.05, 0.1) is 68.1 Å². The maximum atomic E-state index is 14.0. The van der Waals surface area contributed by atoms with E-state index < -0.39 is 52.8 Å². The fraction of sp³-hybridized carbons (Fsp3) is 0.586. The zero-order valence-corrected chi connectivity index (χ0v) is 56.7. The molecule has 0 spiro atoms. The van der Waals surface area contributed by atoms with Crippen molar-refractivity contribution in [2.75, 3.05) is 54.9 Å². The topological polar surface area (TPSA) is 128 Å². The largest absolute Gasteiger partial charge is 0.497 e. The SMILES string of the molecule is COc1ccc(COC[C@H]2O[C@@H](OC[C@@]3(C)CCC(=O)C(C)=C3/C=C/C(CO[Si](C(C)C)(C(C)C)C(C)C)CO[Si](C(C)C)(C(C)C)C(C)C)[C@H](OCc3ccc(OC)cc3)[C@@H](OCc3ccc(OC)cc3)[C@@H]2OCc2ccc(OC)cc2)cc1. The molecule has 1 aliphatic heterocycles. The van der Waals surface area contributed by atoms with Crippen LogP contribution in [0.3, 0.4) is 0 Å². The van der Waals surface area contributed by atoms with Gasteiger partial charge in [-0.1, -0.05) is 151 Å². The van der Waals surface area contributed by atoms with Gasteiger partial charge < -0.3 is 56.2 Å². The third-order valence-corrected chi connectivity index (χ3v) is 30.3. The van der Waals surface area contributed by atoms with Gasteiger partial charge in [-0.15, -0.1) is 0 Å². The van der Waals surface area contributed by atoms with Crippen LogP contribution in [0.15, 0.2) is 120 Å². The molecule has 0 radical (unpaired) electrons. The van der Waals surface area contributed by atoms with Crippen LogP contribution in [0.25, 0.3) is 0 Å². The first-order valence-electron chi connectivity index (χ1n) is 31.0. The molecular formula is C70H104O13Si2. The van der Waals surface area contributed by atoms with E-state index in [0.29, 0.717) is 65.9 Å². The zero-order valence-electron chi connectivity index (χ0n) is 54.7. The molecule has 2 aliphatic rings. The number of ether oxygens (including phenoxy) is 10. The van der Waals surface area contributed by atoms with E-state index in [4.69, 9.17) is 56.2 Å². The number of allylic oxidation sites excluding steroid dienone is 2. The zero-order chi connectivity index (χ0) is 62.1. The van der Waals surface area contributed by atoms with E-state index in [0.717, 1.165) is 56.4 Å². The van der Waals surface area contributed by atoms with Gasteiger partial charge in [-0.05, 0) is 129 Å². The van der Waals surface area contributed by atoms with Crippen LogP contribution in [0.2, 0.25) is 33.2 Å². The van der Waals surface area contributed by atoms with Crippen LogP contribution < -0.4 is 18.9 Å². The van der Waals surface area contributed by atoms with Gasteiger partial charge in [0, 0.05) is 31.0 Å². The van der Waals surface area contributed by atoms with Crippen molar-refractivity contribution >= 4 is 22.4 Å². The van der Waals surface area contributed by atoms with E-state index in [2.05, 4.69) is 102 Å². The van der Waals surface area contributed by atoms with Crippen LogP contribution in [-0.2, 0) is 68.5 Å². The standard InChI is InChI=1S/C70H104O13Si2/c1-47(2)84(48(3)4,49(5)6)81-43-58(44-82-85(50(7)8,51(9)10)52(11)12)27-36-63-53(13)64(71)37-38-70(63,14)46-80-69-68(79-42-57-25-34-62(75-18)35-26-57)67(78-41-56-23-32-61(74-17)33-24-56)66(77-40-55-21-30-60(73-16)31-22-55)65(83-69)45-76-39-54-19-28-59(72-15)29-20-54/h19-36,47-52,58,65-69H,37-46H2,1-18H3/b36-27+/t65-,66-,67+,68-,69-,70-/m1/s1. The molecule has 0 amide bonds. The van der Waals surface area contributed by atoms with Crippen molar-refractivity contribution in [2.45, 2.75) is 200 Å². The fourth-order valence-corrected chi connectivity index (χ4v) is 24.4. The summed E-state index contributed by atoms with van der Waals surface area (Å²) in [4.78, 5) is 14.0. The Bertz CT molecular complexity index is 2610. The smallest absolute Gasteiger partial charge is 0.200 e. The van der Waals surface area contributed by atoms with Crippen LogP contribution >= 0.6 is 0 Å². The first-order chi connectivity index (χ1) is 40.5. The Hall–Kier alpha value is -4.66. The van der Waals surface area contributed by atoms with E-state index in [9.17, 15) is 4.79 Å². The van der Waals surface area contributed by atoms with Crippen LogP contribution in [0.1, 0.15) is 132 Å². The van der Waals surface area contributed by atoms with Crippen molar-refractivity contribution in [3.63, 3.8) is 0 Å². The highest BCUT2D eigenvalue weighted by atomic mass is 28.4. The Kier molecular flexibility index (Phi) is 26.6. The molecule has 1 aliphatic carbocycles. The second kappa shape index (κ2) is 32.5. The van der Waals surface area contributed by atoms with E-state index in [1.807, 2.05) is 104 Å². The lowest BCUT2D eigenvalue weighted by Gasteiger charge is -2.47. The van der Waals surface area contributed by atoms with Crippen molar-refractivity contribution in [1.29, 1.82) is 0 Å². The van der Waals surface area contributed by atoms with Crippen LogP contribution in [0.5, 0.6) is 23.0 Å². The van der Waals surface area contributed by atoms with E-state index in [1.165, 1.54) is 0 Å². The Morgan fingerprint density at radius 1 is 0.518 bits per heavy atom. The summed E-state index contributed by atoms with van der Waals surface area (Å²) >= 11 is 0. The van der Waals surface area contributed by atoms with E-state index in [1.54, 1.807) is 28.4 Å². The lowest BCUT2D eigenvalue weighted by molar-refractivity contribution is -0.331. The number of Topliss-reactive ketones (excluding diaryl/α,β-unsaturated/α-hetero) is 1. The normalized spacial score (nSPS) is 20.8. The Balaban J connectivity index is 1.41. The molecule has 85 heavy (non-hydrogen) atoms. The molecule has 470 valence electrons. The van der Waals surface area contributed by atoms with Crippen molar-refractivity contribution in [1.82, 2.24) is 0 Å². The third-order valence-electron chi connectivity index (χ3n) is 18.1. The molecular weight excluding hydrogens is 1100 g/mol. The number of carbonyl (C=O) groups is 1. The van der Waals surface area contributed by atoms with Crippen LogP contribution in [-0.4, -0.2) is 108 Å². The number of ketones is 1. The van der Waals surface area contributed by atoms with Crippen molar-refractivity contribution in [3.05, 3.63) is 143 Å². The highest BCUT2D eigenvalue weighted by molar-refractivity contribution is 6.78. The highest BCUT2D eigenvalue weighted by Gasteiger charge is 2.51. The molecule has 0 aromatic heterocycles. The Labute approximate surface area is 513 Å². The molecule has 4 aromatic rings. The summed E-state index contributed by atoms with van der Waals surface area (Å²) in [6, 6.07) is 31.3. The van der Waals surface area contributed by atoms with Gasteiger partial charge in [-0.3, -0.25) is 4.79 Å². The summed E-state index contributed by atoms with van der Waals surface area (Å²) in [6.45, 7) is 34.6. The van der Waals surface area contributed by atoms with Crippen molar-refractivity contribution in [2.24, 2.45) is 11.3 Å². The average molecular weight is 1210 g/mol. The van der Waals surface area contributed by atoms with Crippen LogP contribution in [0.4, 0.5) is 0 Å². The van der Waals surface area contributed by atoms with Gasteiger partial charge in [0.25, 0.3) is 0 Å². The van der Waals surface area contributed by atoms with Crippen LogP contribution in [0, 0.1) is 11.3 Å². The predicted octanol–water partition coefficient (Wildman–Crippen LogP) is 16.0. The van der Waals surface area contributed by atoms with Gasteiger partial charge >= 0.3 is 0 Å². The molecule has 13 nitrogen and oxygen atoms in total. The van der Waals surface area contributed by atoms with Crippen molar-refractivity contribution in [3.8, 4) is 23.0 Å². The maximum Gasteiger partial charge on any atom is 0.200 e. The number of methoxy groups -OCH3 is 4. The number of carbonyl (C=O) groups excluding carboxylic acids is 1. The third kappa shape index (κ3) is 17.8. The maximum absolute atomic E-state index is 14.0. The minimum absolute atomic E-state index is 0.0664. The molecule has 1 heterocycles. The summed E-state index contributed by atoms with van der Waals surface area (Å²) in [6.07, 6.45) is 1.46. The summed E-state index contributed by atoms with van der Waals surface area (Å²) < 4.78 is 79.1. The second-order valence-corrected chi connectivity index (χ2v) is 36.4. The summed E-state index contributed by atoms with van der Waals surface area (Å²) in [5.74, 6) is 3.05. The van der Waals surface area contributed by atoms with E-state index >= 15 is 0 Å². The number of rotatable bonds is 34. The fourth-order valence-electron chi connectivity index (χ4n) is 13.4. The summed E-state index contributed by atoms with van der Waals surface area (Å²) in [7, 11) is 2.09. The Morgan fingerprint density at radius 3 is 1.26 bits per heavy atom. The summed E-state index contributed by atoms with van der Waals surface area (Å²) in [5.41, 5.74) is 7.33. The monoisotopic (exact) mass is 1210 g/mol. The molecule has 0 unspecified atom stereocenters. The number of benzene rings is 4. The molecule has 0 N–H and O–H groups in total. The Morgan fingerprint density at radius 2 is 0.882 bits per heavy atom. The lowest BCUT2D eigenvalue weighted by atomic mass is 9.71. The highest BCUT2D eigenvalue weighted by Crippen LogP contribution is 2.46. The van der Waals surface area contributed by atoms with Gasteiger partial charge in [-0.2, -0.15) is 0 Å². The molecule has 6 atom stereocenters. The molecule has 1 saturated heterocycles. The van der Waals surface area contributed by atoms with E-state index in [-0.39, 0.29) is 44.7 Å². The lowest BCUT2D eigenvalue weighted by Crippen LogP contribution is -2.62. The van der Waals surface area contributed by atoms with Gasteiger partial charge in [-0.25, -0.2) is 0 Å². The minimum atomic E-state index is -2.26. The minimum Gasteiger partial charge on any atom is -0.497 e. The second-order valence-electron chi connectivity index (χ2n) is 25.5. The quantitative estimate of drug-likeness (QED) is 0.0412.